The maximum atomic E-state index is 12.1. The van der Waals surface area contributed by atoms with Gasteiger partial charge < -0.3 is 14.8 Å². The van der Waals surface area contributed by atoms with Crippen LogP contribution in [0.3, 0.4) is 0 Å². The van der Waals surface area contributed by atoms with Crippen molar-refractivity contribution >= 4 is 17.6 Å². The van der Waals surface area contributed by atoms with Gasteiger partial charge in [-0.2, -0.15) is 0 Å². The van der Waals surface area contributed by atoms with E-state index in [0.717, 1.165) is 16.4 Å². The van der Waals surface area contributed by atoms with Gasteiger partial charge in [0.05, 0.1) is 13.1 Å². The summed E-state index contributed by atoms with van der Waals surface area (Å²) in [4.78, 5) is 18.1. The van der Waals surface area contributed by atoms with Gasteiger partial charge in [-0.25, -0.2) is 9.78 Å². The van der Waals surface area contributed by atoms with Crippen LogP contribution in [-0.4, -0.2) is 33.6 Å². The molecule has 0 aliphatic rings. The van der Waals surface area contributed by atoms with E-state index in [4.69, 9.17) is 11.6 Å². The van der Waals surface area contributed by atoms with Crippen molar-refractivity contribution in [3.8, 4) is 0 Å². The Morgan fingerprint density at radius 2 is 2.26 bits per heavy atom. The molecule has 0 unspecified atom stereocenters. The number of rotatable bonds is 7. The number of imidazole rings is 1. The Kier molecular flexibility index (Phi) is 6.23. The molecule has 1 heterocycles. The van der Waals surface area contributed by atoms with Crippen LogP contribution in [0.2, 0.25) is 5.02 Å². The highest BCUT2D eigenvalue weighted by atomic mass is 35.5. The molecule has 2 amide bonds. The summed E-state index contributed by atoms with van der Waals surface area (Å²) in [7, 11) is 0. The monoisotopic (exact) mass is 332 g/mol. The van der Waals surface area contributed by atoms with Crippen LogP contribution in [-0.2, 0) is 13.1 Å². The minimum Gasteiger partial charge on any atom is -0.338 e. The lowest BCUT2D eigenvalue weighted by Crippen LogP contribution is -2.40. The maximum Gasteiger partial charge on any atom is 0.318 e. The van der Waals surface area contributed by atoms with Crippen molar-refractivity contribution in [1.29, 1.82) is 0 Å². The molecule has 6 heteroatoms. The predicted octanol–water partition coefficient (Wildman–Crippen LogP) is 3.30. The van der Waals surface area contributed by atoms with Gasteiger partial charge in [-0.1, -0.05) is 35.9 Å². The third kappa shape index (κ3) is 4.60. The molecule has 0 atom stereocenters. The summed E-state index contributed by atoms with van der Waals surface area (Å²) in [5.74, 6) is 0.804. The van der Waals surface area contributed by atoms with E-state index in [2.05, 4.69) is 16.9 Å². The number of hydrogen-bond acceptors (Lipinski definition) is 2. The third-order valence-electron chi connectivity index (χ3n) is 3.40. The van der Waals surface area contributed by atoms with Gasteiger partial charge in [-0.05, 0) is 18.6 Å². The molecule has 2 aromatic rings. The van der Waals surface area contributed by atoms with E-state index in [-0.39, 0.29) is 6.03 Å². The van der Waals surface area contributed by atoms with Gasteiger partial charge in [0.2, 0.25) is 0 Å². The van der Waals surface area contributed by atoms with Crippen LogP contribution in [0.25, 0.3) is 0 Å². The Balaban J connectivity index is 2.14. The summed E-state index contributed by atoms with van der Waals surface area (Å²) in [5.41, 5.74) is 1.02. The van der Waals surface area contributed by atoms with Crippen LogP contribution < -0.4 is 5.32 Å². The van der Waals surface area contributed by atoms with Gasteiger partial charge in [0.15, 0.2) is 0 Å². The number of carbonyl (C=O) groups is 1. The Labute approximate surface area is 141 Å². The van der Waals surface area contributed by atoms with E-state index in [1.54, 1.807) is 17.2 Å². The Morgan fingerprint density at radius 3 is 2.96 bits per heavy atom. The average molecular weight is 333 g/mol. The van der Waals surface area contributed by atoms with Crippen LogP contribution in [0.5, 0.6) is 0 Å². The molecule has 0 radical (unpaired) electrons. The van der Waals surface area contributed by atoms with E-state index >= 15 is 0 Å². The highest BCUT2D eigenvalue weighted by Gasteiger charge is 2.15. The quantitative estimate of drug-likeness (QED) is 0.791. The smallest absolute Gasteiger partial charge is 0.318 e. The van der Waals surface area contributed by atoms with Crippen molar-refractivity contribution in [1.82, 2.24) is 19.8 Å². The van der Waals surface area contributed by atoms with Gasteiger partial charge in [-0.3, -0.25) is 0 Å². The van der Waals surface area contributed by atoms with E-state index in [0.29, 0.717) is 26.2 Å². The number of nitrogens with one attached hydrogen (secondary N) is 1. The minimum atomic E-state index is -0.125. The van der Waals surface area contributed by atoms with Gasteiger partial charge in [-0.15, -0.1) is 6.58 Å². The molecule has 0 saturated carbocycles. The van der Waals surface area contributed by atoms with E-state index in [1.165, 1.54) is 0 Å². The fourth-order valence-electron chi connectivity index (χ4n) is 2.25. The summed E-state index contributed by atoms with van der Waals surface area (Å²) in [5, 5.41) is 3.52. The van der Waals surface area contributed by atoms with Crippen molar-refractivity contribution in [3.63, 3.8) is 0 Å². The number of amides is 2. The van der Waals surface area contributed by atoms with E-state index < -0.39 is 0 Å². The van der Waals surface area contributed by atoms with Crippen LogP contribution >= 0.6 is 11.6 Å². The van der Waals surface area contributed by atoms with Crippen LogP contribution in [0.1, 0.15) is 18.3 Å². The van der Waals surface area contributed by atoms with Gasteiger partial charge in [0.1, 0.15) is 5.82 Å². The van der Waals surface area contributed by atoms with Crippen LogP contribution in [0, 0.1) is 0 Å². The van der Waals surface area contributed by atoms with Gasteiger partial charge in [0.25, 0.3) is 0 Å². The largest absolute Gasteiger partial charge is 0.338 e. The van der Waals surface area contributed by atoms with Gasteiger partial charge in [0, 0.05) is 30.5 Å². The number of carbonyl (C=O) groups excluding carboxylic acids is 1. The van der Waals surface area contributed by atoms with Crippen molar-refractivity contribution in [3.05, 3.63) is 65.7 Å². The van der Waals surface area contributed by atoms with Crippen LogP contribution in [0.4, 0.5) is 4.79 Å². The molecule has 0 saturated heterocycles. The zero-order valence-corrected chi connectivity index (χ0v) is 14.0. The van der Waals surface area contributed by atoms with Crippen molar-refractivity contribution in [2.75, 3.05) is 13.1 Å². The first kappa shape index (κ1) is 17.1. The fourth-order valence-corrected chi connectivity index (χ4v) is 2.45. The molecule has 122 valence electrons. The zero-order valence-electron chi connectivity index (χ0n) is 13.2. The normalized spacial score (nSPS) is 10.3. The van der Waals surface area contributed by atoms with Crippen molar-refractivity contribution in [2.45, 2.75) is 20.0 Å². The number of urea groups is 1. The zero-order chi connectivity index (χ0) is 16.7. The average Bonchev–Trinajstić information content (AvgIpc) is 2.96. The number of aromatic nitrogens is 2. The Morgan fingerprint density at radius 1 is 1.48 bits per heavy atom. The molecular formula is C17H21ClN4O. The lowest BCUT2D eigenvalue weighted by atomic mass is 10.2. The number of nitrogens with zero attached hydrogens (tertiary/aromatic N) is 3. The fraction of sp³-hybridized carbons (Fsp3) is 0.294. The first-order valence-electron chi connectivity index (χ1n) is 7.52. The number of halogens is 1. The Hall–Kier alpha value is -2.27. The number of benzene rings is 1. The first-order valence-corrected chi connectivity index (χ1v) is 7.90. The second-order valence-corrected chi connectivity index (χ2v) is 5.47. The molecule has 0 bridgehead atoms. The van der Waals surface area contributed by atoms with Crippen molar-refractivity contribution < 1.29 is 4.79 Å². The molecule has 1 aromatic heterocycles. The molecule has 23 heavy (non-hydrogen) atoms. The molecule has 5 nitrogen and oxygen atoms in total. The molecule has 0 aliphatic heterocycles. The molecule has 0 spiro atoms. The van der Waals surface area contributed by atoms with Crippen LogP contribution in [0.15, 0.2) is 49.3 Å². The topological polar surface area (TPSA) is 50.2 Å². The molecule has 1 N–H and O–H groups in total. The third-order valence-corrected chi connectivity index (χ3v) is 3.77. The van der Waals surface area contributed by atoms with Crippen molar-refractivity contribution in [2.24, 2.45) is 0 Å². The Bertz CT molecular complexity index is 668. The SMILES string of the molecule is C=CCN(Cc1nccn1Cc1ccccc1Cl)C(=O)NCC. The standard InChI is InChI=1S/C17H21ClN4O/c1-3-10-22(17(23)19-4-2)13-16-20-9-11-21(16)12-14-7-5-6-8-15(14)18/h3,5-9,11H,1,4,10,12-13H2,2H3,(H,19,23). The summed E-state index contributed by atoms with van der Waals surface area (Å²) < 4.78 is 2.00. The second-order valence-electron chi connectivity index (χ2n) is 5.07. The number of hydrogen-bond donors (Lipinski definition) is 1. The van der Waals surface area contributed by atoms with E-state index in [1.807, 2.05) is 42.0 Å². The maximum absolute atomic E-state index is 12.1. The highest BCUT2D eigenvalue weighted by Crippen LogP contribution is 2.17. The molecular weight excluding hydrogens is 312 g/mol. The molecule has 2 rings (SSSR count). The summed E-state index contributed by atoms with van der Waals surface area (Å²) in [6, 6.07) is 7.58. The second kappa shape index (κ2) is 8.39. The lowest BCUT2D eigenvalue weighted by molar-refractivity contribution is 0.199. The summed E-state index contributed by atoms with van der Waals surface area (Å²) in [6.45, 7) is 7.68. The lowest BCUT2D eigenvalue weighted by Gasteiger charge is -2.21. The summed E-state index contributed by atoms with van der Waals surface area (Å²) >= 11 is 6.22. The summed E-state index contributed by atoms with van der Waals surface area (Å²) in [6.07, 6.45) is 5.33. The molecule has 0 fully saturated rings. The molecule has 1 aromatic carbocycles. The highest BCUT2D eigenvalue weighted by molar-refractivity contribution is 6.31. The minimum absolute atomic E-state index is 0.125. The predicted molar refractivity (Wildman–Crippen MR) is 92.5 cm³/mol. The first-order chi connectivity index (χ1) is 11.2. The van der Waals surface area contributed by atoms with E-state index in [9.17, 15) is 4.79 Å². The van der Waals surface area contributed by atoms with Gasteiger partial charge >= 0.3 is 6.03 Å². The molecule has 0 aliphatic carbocycles.